The van der Waals surface area contributed by atoms with E-state index in [9.17, 15) is 13.2 Å². The Kier molecular flexibility index (Phi) is 5.93. The molecule has 2 aromatic rings. The van der Waals surface area contributed by atoms with Gasteiger partial charge in [-0.2, -0.15) is 4.31 Å². The lowest BCUT2D eigenvalue weighted by atomic mass is 10.3. The highest BCUT2D eigenvalue weighted by Crippen LogP contribution is 2.15. The summed E-state index contributed by atoms with van der Waals surface area (Å²) in [5, 5.41) is 3.45. The first-order valence-electron chi connectivity index (χ1n) is 8.39. The third-order valence-electron chi connectivity index (χ3n) is 4.35. The van der Waals surface area contributed by atoms with Crippen LogP contribution >= 0.6 is 11.6 Å². The number of carbonyl (C=O) groups excluding carboxylic acids is 1. The number of quaternary nitrogens is 1. The van der Waals surface area contributed by atoms with Crippen LogP contribution in [0.3, 0.4) is 0 Å². The van der Waals surface area contributed by atoms with E-state index in [4.69, 9.17) is 11.6 Å². The summed E-state index contributed by atoms with van der Waals surface area (Å²) in [6, 6.07) is 15.4. The Balaban J connectivity index is 1.52. The number of anilines is 1. The second kappa shape index (κ2) is 8.18. The average molecular weight is 395 g/mol. The average Bonchev–Trinajstić information content (AvgIpc) is 2.65. The highest BCUT2D eigenvalue weighted by molar-refractivity contribution is 7.89. The molecule has 0 bridgehead atoms. The van der Waals surface area contributed by atoms with E-state index in [0.29, 0.717) is 48.3 Å². The van der Waals surface area contributed by atoms with Gasteiger partial charge in [0.05, 0.1) is 31.1 Å². The summed E-state index contributed by atoms with van der Waals surface area (Å²) >= 11 is 5.83. The van der Waals surface area contributed by atoms with Crippen molar-refractivity contribution in [1.82, 2.24) is 4.31 Å². The molecule has 2 aromatic carbocycles. The minimum Gasteiger partial charge on any atom is -0.325 e. The molecular formula is C18H21ClN3O3S+. The van der Waals surface area contributed by atoms with Gasteiger partial charge in [0.15, 0.2) is 6.54 Å². The topological polar surface area (TPSA) is 70.9 Å². The molecule has 2 N–H and O–H groups in total. The number of halogens is 1. The van der Waals surface area contributed by atoms with Gasteiger partial charge in [-0.05, 0) is 36.4 Å². The van der Waals surface area contributed by atoms with Crippen molar-refractivity contribution in [2.45, 2.75) is 4.90 Å². The van der Waals surface area contributed by atoms with Gasteiger partial charge in [-0.25, -0.2) is 8.42 Å². The van der Waals surface area contributed by atoms with Crippen LogP contribution in [0.15, 0.2) is 59.5 Å². The number of amides is 1. The molecule has 1 saturated heterocycles. The fourth-order valence-corrected chi connectivity index (χ4v) is 4.52. The van der Waals surface area contributed by atoms with E-state index in [-0.39, 0.29) is 5.91 Å². The number of hydrogen-bond acceptors (Lipinski definition) is 3. The fraction of sp³-hybridized carbons (Fsp3) is 0.278. The number of benzene rings is 2. The third kappa shape index (κ3) is 4.62. The van der Waals surface area contributed by atoms with Crippen molar-refractivity contribution in [2.24, 2.45) is 0 Å². The Morgan fingerprint density at radius 2 is 1.65 bits per heavy atom. The molecule has 0 aromatic heterocycles. The van der Waals surface area contributed by atoms with Crippen molar-refractivity contribution in [3.63, 3.8) is 0 Å². The van der Waals surface area contributed by atoms with Crippen LogP contribution in [-0.4, -0.2) is 51.4 Å². The van der Waals surface area contributed by atoms with Crippen LogP contribution in [0.25, 0.3) is 0 Å². The van der Waals surface area contributed by atoms with Crippen molar-refractivity contribution in [2.75, 3.05) is 38.0 Å². The summed E-state index contributed by atoms with van der Waals surface area (Å²) in [6.45, 7) is 2.31. The number of sulfonamides is 1. The highest BCUT2D eigenvalue weighted by Gasteiger charge is 2.30. The number of nitrogens with one attached hydrogen (secondary N) is 2. The second-order valence-corrected chi connectivity index (χ2v) is 8.57. The number of nitrogens with zero attached hydrogens (tertiary/aromatic N) is 1. The van der Waals surface area contributed by atoms with Crippen LogP contribution in [0, 0.1) is 0 Å². The van der Waals surface area contributed by atoms with Gasteiger partial charge in [-0.3, -0.25) is 4.79 Å². The maximum atomic E-state index is 12.6. The third-order valence-corrected chi connectivity index (χ3v) is 6.51. The standard InChI is InChI=1S/C18H20ClN3O3S/c19-15-6-8-16(9-7-15)20-18(23)14-21-10-12-22(13-11-21)26(24,25)17-4-2-1-3-5-17/h1-9H,10-14H2,(H,20,23)/p+1. The highest BCUT2D eigenvalue weighted by atomic mass is 35.5. The molecule has 8 heteroatoms. The predicted molar refractivity (Wildman–Crippen MR) is 101 cm³/mol. The molecule has 0 spiro atoms. The molecule has 0 aliphatic carbocycles. The minimum atomic E-state index is -3.46. The van der Waals surface area contributed by atoms with E-state index in [1.807, 2.05) is 0 Å². The smallest absolute Gasteiger partial charge is 0.279 e. The van der Waals surface area contributed by atoms with Crippen molar-refractivity contribution in [1.29, 1.82) is 0 Å². The molecular weight excluding hydrogens is 374 g/mol. The Labute approximate surface area is 158 Å². The van der Waals surface area contributed by atoms with Gasteiger partial charge in [0.25, 0.3) is 5.91 Å². The maximum absolute atomic E-state index is 12.6. The molecule has 1 fully saturated rings. The van der Waals surface area contributed by atoms with Crippen LogP contribution in [-0.2, 0) is 14.8 Å². The van der Waals surface area contributed by atoms with E-state index in [1.165, 1.54) is 4.31 Å². The summed E-state index contributed by atoms with van der Waals surface area (Å²) < 4.78 is 26.7. The van der Waals surface area contributed by atoms with E-state index >= 15 is 0 Å². The van der Waals surface area contributed by atoms with Crippen molar-refractivity contribution >= 4 is 33.2 Å². The van der Waals surface area contributed by atoms with Gasteiger partial charge in [0, 0.05) is 10.7 Å². The Morgan fingerprint density at radius 3 is 2.27 bits per heavy atom. The van der Waals surface area contributed by atoms with Gasteiger partial charge in [0.1, 0.15) is 0 Å². The zero-order valence-electron chi connectivity index (χ0n) is 14.2. The lowest BCUT2D eigenvalue weighted by Crippen LogP contribution is -3.15. The molecule has 0 saturated carbocycles. The van der Waals surface area contributed by atoms with Crippen LogP contribution in [0.4, 0.5) is 5.69 Å². The quantitative estimate of drug-likeness (QED) is 0.790. The molecule has 1 aliphatic heterocycles. The number of hydrogen-bond donors (Lipinski definition) is 2. The fourth-order valence-electron chi connectivity index (χ4n) is 2.93. The molecule has 26 heavy (non-hydrogen) atoms. The summed E-state index contributed by atoms with van der Waals surface area (Å²) in [4.78, 5) is 13.5. The molecule has 0 unspecified atom stereocenters. The first-order chi connectivity index (χ1) is 12.4. The van der Waals surface area contributed by atoms with Gasteiger partial charge in [-0.1, -0.05) is 29.8 Å². The predicted octanol–water partition coefficient (Wildman–Crippen LogP) is 0.868. The molecule has 3 rings (SSSR count). The van der Waals surface area contributed by atoms with Crippen molar-refractivity contribution < 1.29 is 18.1 Å². The van der Waals surface area contributed by atoms with Crippen molar-refractivity contribution in [3.05, 3.63) is 59.6 Å². The van der Waals surface area contributed by atoms with Crippen LogP contribution < -0.4 is 10.2 Å². The van der Waals surface area contributed by atoms with Gasteiger partial charge < -0.3 is 10.2 Å². The second-order valence-electron chi connectivity index (χ2n) is 6.20. The summed E-state index contributed by atoms with van der Waals surface area (Å²) in [5.74, 6) is -0.0957. The molecule has 0 radical (unpaired) electrons. The Morgan fingerprint density at radius 1 is 1.04 bits per heavy atom. The molecule has 1 aliphatic rings. The zero-order chi connectivity index (χ0) is 18.6. The number of rotatable bonds is 5. The Bertz CT molecular complexity index is 849. The molecule has 1 amide bonds. The number of piperazine rings is 1. The van der Waals surface area contributed by atoms with Gasteiger partial charge in [-0.15, -0.1) is 0 Å². The lowest BCUT2D eigenvalue weighted by molar-refractivity contribution is -0.895. The van der Waals surface area contributed by atoms with E-state index in [1.54, 1.807) is 54.6 Å². The Hall–Kier alpha value is -1.93. The van der Waals surface area contributed by atoms with Crippen LogP contribution in [0.5, 0.6) is 0 Å². The normalized spacial score (nSPS) is 16.3. The van der Waals surface area contributed by atoms with E-state index < -0.39 is 10.0 Å². The molecule has 138 valence electrons. The first kappa shape index (κ1) is 18.8. The van der Waals surface area contributed by atoms with Crippen LogP contribution in [0.1, 0.15) is 0 Å². The van der Waals surface area contributed by atoms with E-state index in [2.05, 4.69) is 5.32 Å². The SMILES string of the molecule is O=C(C[NH+]1CCN(S(=O)(=O)c2ccccc2)CC1)Nc1ccc(Cl)cc1. The molecule has 0 atom stereocenters. The summed E-state index contributed by atoms with van der Waals surface area (Å²) in [5.41, 5.74) is 0.698. The summed E-state index contributed by atoms with van der Waals surface area (Å²) in [6.07, 6.45) is 0. The number of carbonyl (C=O) groups is 1. The first-order valence-corrected chi connectivity index (χ1v) is 10.2. The van der Waals surface area contributed by atoms with Gasteiger partial charge >= 0.3 is 0 Å². The maximum Gasteiger partial charge on any atom is 0.279 e. The minimum absolute atomic E-state index is 0.0957. The van der Waals surface area contributed by atoms with Gasteiger partial charge in [0.2, 0.25) is 10.0 Å². The molecule has 1 heterocycles. The summed E-state index contributed by atoms with van der Waals surface area (Å²) in [7, 11) is -3.46. The monoisotopic (exact) mass is 394 g/mol. The van der Waals surface area contributed by atoms with Crippen LogP contribution in [0.2, 0.25) is 5.02 Å². The van der Waals surface area contributed by atoms with Crippen molar-refractivity contribution in [3.8, 4) is 0 Å². The van der Waals surface area contributed by atoms with E-state index in [0.717, 1.165) is 4.90 Å². The molecule has 6 nitrogen and oxygen atoms in total. The zero-order valence-corrected chi connectivity index (χ0v) is 15.8. The lowest BCUT2D eigenvalue weighted by Gasteiger charge is -2.31. The largest absolute Gasteiger partial charge is 0.325 e.